The summed E-state index contributed by atoms with van der Waals surface area (Å²) in [4.78, 5) is 5.21. The number of aromatic nitrogens is 1. The summed E-state index contributed by atoms with van der Waals surface area (Å²) in [6.45, 7) is 7.29. The van der Waals surface area contributed by atoms with Gasteiger partial charge < -0.3 is 9.84 Å². The molecule has 0 saturated heterocycles. The van der Waals surface area contributed by atoms with Gasteiger partial charge in [0.25, 0.3) is 0 Å². The van der Waals surface area contributed by atoms with E-state index in [1.807, 2.05) is 18.6 Å². The fourth-order valence-electron chi connectivity index (χ4n) is 2.93. The van der Waals surface area contributed by atoms with Crippen LogP contribution >= 0.6 is 11.3 Å². The van der Waals surface area contributed by atoms with Gasteiger partial charge in [0.2, 0.25) is 0 Å². The minimum Gasteiger partial charge on any atom is -0.390 e. The molecular weight excluding hydrogens is 258 g/mol. The molecule has 1 aliphatic rings. The Hall–Kier alpha value is -0.450. The van der Waals surface area contributed by atoms with Gasteiger partial charge in [-0.2, -0.15) is 0 Å². The highest BCUT2D eigenvalue weighted by atomic mass is 32.1. The highest BCUT2D eigenvalue weighted by Gasteiger charge is 2.44. The lowest BCUT2D eigenvalue weighted by Crippen LogP contribution is -2.49. The fraction of sp³-hybridized carbons (Fsp3) is 0.800. The van der Waals surface area contributed by atoms with Gasteiger partial charge in [0, 0.05) is 24.1 Å². The molecule has 1 saturated carbocycles. The number of thiazole rings is 1. The van der Waals surface area contributed by atoms with Gasteiger partial charge >= 0.3 is 0 Å². The van der Waals surface area contributed by atoms with Crippen molar-refractivity contribution in [2.24, 2.45) is 5.41 Å². The molecule has 1 aromatic heterocycles. The first kappa shape index (κ1) is 14.9. The molecule has 1 aromatic rings. The Kier molecular flexibility index (Phi) is 4.64. The van der Waals surface area contributed by atoms with E-state index in [4.69, 9.17) is 4.74 Å². The smallest absolute Gasteiger partial charge is 0.0944 e. The van der Waals surface area contributed by atoms with Crippen molar-refractivity contribution in [2.45, 2.75) is 64.6 Å². The van der Waals surface area contributed by atoms with E-state index in [1.165, 1.54) is 0 Å². The molecule has 1 heterocycles. The van der Waals surface area contributed by atoms with E-state index in [0.29, 0.717) is 18.4 Å². The molecule has 0 radical (unpaired) electrons. The molecule has 0 amide bonds. The molecule has 0 aliphatic heterocycles. The van der Waals surface area contributed by atoms with Gasteiger partial charge in [-0.1, -0.05) is 13.8 Å². The predicted molar refractivity (Wildman–Crippen MR) is 78.4 cm³/mol. The zero-order valence-electron chi connectivity index (χ0n) is 12.2. The lowest BCUT2D eigenvalue weighted by molar-refractivity contribution is -0.150. The standard InChI is InChI=1S/C15H25NO2S/c1-4-18-15(7-5-14(2,3)6-8-15)13(17)9-12-10-16-11-19-12/h10-11,13,17H,4-9H2,1-3H3. The molecule has 0 spiro atoms. The highest BCUT2D eigenvalue weighted by molar-refractivity contribution is 7.09. The summed E-state index contributed by atoms with van der Waals surface area (Å²) in [7, 11) is 0. The summed E-state index contributed by atoms with van der Waals surface area (Å²) in [5, 5.41) is 10.7. The minimum absolute atomic E-state index is 0.353. The third-order valence-corrected chi connectivity index (χ3v) is 5.17. The summed E-state index contributed by atoms with van der Waals surface area (Å²) in [5.41, 5.74) is 1.85. The Bertz CT molecular complexity index is 379. The Morgan fingerprint density at radius 3 is 2.58 bits per heavy atom. The number of ether oxygens (including phenoxy) is 1. The van der Waals surface area contributed by atoms with Gasteiger partial charge in [-0.3, -0.25) is 4.98 Å². The first-order chi connectivity index (χ1) is 8.97. The molecule has 1 aliphatic carbocycles. The zero-order chi connectivity index (χ0) is 13.9. The van der Waals surface area contributed by atoms with Crippen LogP contribution in [-0.4, -0.2) is 28.4 Å². The van der Waals surface area contributed by atoms with Crippen molar-refractivity contribution >= 4 is 11.3 Å². The van der Waals surface area contributed by atoms with Crippen LogP contribution in [0.3, 0.4) is 0 Å². The van der Waals surface area contributed by atoms with Crippen molar-refractivity contribution in [1.29, 1.82) is 0 Å². The highest BCUT2D eigenvalue weighted by Crippen LogP contribution is 2.44. The largest absolute Gasteiger partial charge is 0.390 e. The average Bonchev–Trinajstić information content (AvgIpc) is 2.85. The Morgan fingerprint density at radius 2 is 2.05 bits per heavy atom. The van der Waals surface area contributed by atoms with Crippen LogP contribution in [0, 0.1) is 5.41 Å². The van der Waals surface area contributed by atoms with E-state index < -0.39 is 6.10 Å². The molecule has 108 valence electrons. The number of hydrogen-bond acceptors (Lipinski definition) is 4. The average molecular weight is 283 g/mol. The Labute approximate surface area is 120 Å². The molecule has 3 nitrogen and oxygen atoms in total. The van der Waals surface area contributed by atoms with E-state index in [0.717, 1.165) is 30.6 Å². The molecule has 1 fully saturated rings. The number of aliphatic hydroxyl groups excluding tert-OH is 1. The van der Waals surface area contributed by atoms with Crippen LogP contribution in [0.25, 0.3) is 0 Å². The molecule has 19 heavy (non-hydrogen) atoms. The second-order valence-electron chi connectivity index (χ2n) is 6.35. The van der Waals surface area contributed by atoms with Gasteiger partial charge in [0.05, 0.1) is 17.2 Å². The van der Waals surface area contributed by atoms with E-state index in [-0.39, 0.29) is 5.60 Å². The number of hydrogen-bond donors (Lipinski definition) is 1. The lowest BCUT2D eigenvalue weighted by Gasteiger charge is -2.45. The summed E-state index contributed by atoms with van der Waals surface area (Å²) in [6.07, 6.45) is 6.22. The number of aliphatic hydroxyl groups is 1. The quantitative estimate of drug-likeness (QED) is 0.900. The molecule has 4 heteroatoms. The van der Waals surface area contributed by atoms with Crippen LogP contribution in [0.15, 0.2) is 11.7 Å². The minimum atomic E-state index is -0.427. The van der Waals surface area contributed by atoms with E-state index in [2.05, 4.69) is 18.8 Å². The summed E-state index contributed by atoms with van der Waals surface area (Å²) in [5.74, 6) is 0. The zero-order valence-corrected chi connectivity index (χ0v) is 13.0. The maximum absolute atomic E-state index is 10.7. The van der Waals surface area contributed by atoms with Crippen LogP contribution in [-0.2, 0) is 11.2 Å². The Morgan fingerprint density at radius 1 is 1.37 bits per heavy atom. The maximum Gasteiger partial charge on any atom is 0.0944 e. The van der Waals surface area contributed by atoms with E-state index in [9.17, 15) is 5.11 Å². The fourth-order valence-corrected chi connectivity index (χ4v) is 3.56. The monoisotopic (exact) mass is 283 g/mol. The summed E-state index contributed by atoms with van der Waals surface area (Å²) in [6, 6.07) is 0. The van der Waals surface area contributed by atoms with E-state index >= 15 is 0 Å². The van der Waals surface area contributed by atoms with E-state index in [1.54, 1.807) is 11.3 Å². The van der Waals surface area contributed by atoms with Crippen molar-refractivity contribution in [2.75, 3.05) is 6.61 Å². The number of nitrogens with zero attached hydrogens (tertiary/aromatic N) is 1. The number of rotatable bonds is 5. The van der Waals surface area contributed by atoms with Gasteiger partial charge in [0.1, 0.15) is 0 Å². The molecule has 0 bridgehead atoms. The Balaban J connectivity index is 2.06. The molecule has 1 atom stereocenters. The first-order valence-electron chi connectivity index (χ1n) is 7.17. The summed E-state index contributed by atoms with van der Waals surface area (Å²) < 4.78 is 6.01. The molecular formula is C15H25NO2S. The van der Waals surface area contributed by atoms with Gasteiger partial charge in [-0.15, -0.1) is 11.3 Å². The molecule has 1 N–H and O–H groups in total. The van der Waals surface area contributed by atoms with Gasteiger partial charge in [-0.25, -0.2) is 0 Å². The van der Waals surface area contributed by atoms with Crippen LogP contribution in [0.4, 0.5) is 0 Å². The van der Waals surface area contributed by atoms with Crippen molar-refractivity contribution in [1.82, 2.24) is 4.98 Å². The summed E-state index contributed by atoms with van der Waals surface area (Å²) >= 11 is 1.61. The van der Waals surface area contributed by atoms with Crippen molar-refractivity contribution < 1.29 is 9.84 Å². The van der Waals surface area contributed by atoms with Crippen molar-refractivity contribution in [3.05, 3.63) is 16.6 Å². The third-order valence-electron chi connectivity index (χ3n) is 4.37. The third kappa shape index (κ3) is 3.56. The maximum atomic E-state index is 10.7. The first-order valence-corrected chi connectivity index (χ1v) is 8.05. The van der Waals surface area contributed by atoms with Crippen LogP contribution in [0.1, 0.15) is 51.3 Å². The van der Waals surface area contributed by atoms with Crippen molar-refractivity contribution in [3.8, 4) is 0 Å². The van der Waals surface area contributed by atoms with Crippen LogP contribution < -0.4 is 0 Å². The molecule has 1 unspecified atom stereocenters. The van der Waals surface area contributed by atoms with Crippen LogP contribution in [0.5, 0.6) is 0 Å². The molecule has 2 rings (SSSR count). The van der Waals surface area contributed by atoms with Gasteiger partial charge in [0.15, 0.2) is 0 Å². The lowest BCUT2D eigenvalue weighted by atomic mass is 9.68. The SMILES string of the molecule is CCOC1(C(O)Cc2cncs2)CCC(C)(C)CC1. The van der Waals surface area contributed by atoms with Crippen LogP contribution in [0.2, 0.25) is 0 Å². The molecule has 0 aromatic carbocycles. The predicted octanol–water partition coefficient (Wildman–Crippen LogP) is 3.42. The second kappa shape index (κ2) is 5.90. The topological polar surface area (TPSA) is 42.4 Å². The van der Waals surface area contributed by atoms with Crippen molar-refractivity contribution in [3.63, 3.8) is 0 Å². The normalized spacial score (nSPS) is 23.2. The van der Waals surface area contributed by atoms with Gasteiger partial charge in [-0.05, 0) is 38.0 Å². The second-order valence-corrected chi connectivity index (χ2v) is 7.32.